The summed E-state index contributed by atoms with van der Waals surface area (Å²) >= 11 is 0. The maximum atomic E-state index is 11.1. The smallest absolute Gasteiger partial charge is 0.0797 e. The fraction of sp³-hybridized carbons (Fsp3) is 0.900. The molecule has 22 heavy (non-hydrogen) atoms. The van der Waals surface area contributed by atoms with Crippen LogP contribution in [-0.2, 0) is 0 Å². The molecule has 128 valence electrons. The lowest BCUT2D eigenvalue weighted by Gasteiger charge is -2.61. The van der Waals surface area contributed by atoms with Crippen LogP contribution < -0.4 is 0 Å². The van der Waals surface area contributed by atoms with Gasteiger partial charge in [-0.1, -0.05) is 33.3 Å². The molecule has 2 saturated carbocycles. The first-order valence-corrected chi connectivity index (χ1v) is 9.03. The molecule has 2 aliphatic rings. The van der Waals surface area contributed by atoms with E-state index in [1.54, 1.807) is 6.08 Å². The number of hydrogen-bond acceptors (Lipinski definition) is 2. The van der Waals surface area contributed by atoms with E-state index in [9.17, 15) is 10.2 Å². The van der Waals surface area contributed by atoms with Crippen LogP contribution in [0, 0.1) is 22.7 Å². The van der Waals surface area contributed by atoms with E-state index < -0.39 is 11.2 Å². The van der Waals surface area contributed by atoms with Crippen LogP contribution in [0.4, 0.5) is 0 Å². The summed E-state index contributed by atoms with van der Waals surface area (Å²) < 4.78 is 0. The van der Waals surface area contributed by atoms with Crippen molar-refractivity contribution in [3.05, 3.63) is 12.7 Å². The van der Waals surface area contributed by atoms with Crippen molar-refractivity contribution in [2.24, 2.45) is 22.7 Å². The van der Waals surface area contributed by atoms with E-state index in [-0.39, 0.29) is 11.3 Å². The maximum absolute atomic E-state index is 11.1. The zero-order chi connectivity index (χ0) is 16.8. The highest BCUT2D eigenvalue weighted by molar-refractivity contribution is 5.08. The fourth-order valence-corrected chi connectivity index (χ4v) is 5.80. The first-order chi connectivity index (χ1) is 9.95. The normalized spacial score (nSPS) is 44.0. The van der Waals surface area contributed by atoms with Gasteiger partial charge in [0.05, 0.1) is 11.2 Å². The van der Waals surface area contributed by atoms with Gasteiger partial charge in [-0.05, 0) is 75.0 Å². The predicted octanol–water partition coefficient (Wildman–Crippen LogP) is 4.70. The summed E-state index contributed by atoms with van der Waals surface area (Å²) in [5.74, 6) is 0.928. The Kier molecular flexibility index (Phi) is 4.61. The molecule has 5 atom stereocenters. The number of hydrogen-bond donors (Lipinski definition) is 2. The van der Waals surface area contributed by atoms with Gasteiger partial charge in [-0.25, -0.2) is 0 Å². The molecule has 0 spiro atoms. The minimum atomic E-state index is -0.830. The minimum Gasteiger partial charge on any atom is -0.390 e. The van der Waals surface area contributed by atoms with Gasteiger partial charge in [-0.3, -0.25) is 0 Å². The van der Waals surface area contributed by atoms with Crippen molar-refractivity contribution >= 4 is 0 Å². The number of fused-ring (bicyclic) bond motifs is 1. The van der Waals surface area contributed by atoms with Gasteiger partial charge in [0.2, 0.25) is 0 Å². The quantitative estimate of drug-likeness (QED) is 0.739. The molecule has 0 amide bonds. The molecule has 0 aliphatic heterocycles. The average Bonchev–Trinajstić information content (AvgIpc) is 2.35. The summed E-state index contributed by atoms with van der Waals surface area (Å²) in [4.78, 5) is 0. The van der Waals surface area contributed by atoms with Crippen LogP contribution >= 0.6 is 0 Å². The lowest BCUT2D eigenvalue weighted by atomic mass is 9.45. The topological polar surface area (TPSA) is 40.5 Å². The van der Waals surface area contributed by atoms with E-state index in [1.807, 2.05) is 13.8 Å². The summed E-state index contributed by atoms with van der Waals surface area (Å²) in [5.41, 5.74) is -0.900. The van der Waals surface area contributed by atoms with Gasteiger partial charge >= 0.3 is 0 Å². The molecular formula is C20H36O2. The Morgan fingerprint density at radius 2 is 1.82 bits per heavy atom. The van der Waals surface area contributed by atoms with E-state index in [0.29, 0.717) is 17.8 Å². The van der Waals surface area contributed by atoms with E-state index in [1.165, 1.54) is 19.3 Å². The second kappa shape index (κ2) is 5.63. The van der Waals surface area contributed by atoms with Crippen molar-refractivity contribution in [3.8, 4) is 0 Å². The van der Waals surface area contributed by atoms with Crippen molar-refractivity contribution in [3.63, 3.8) is 0 Å². The van der Waals surface area contributed by atoms with Crippen molar-refractivity contribution < 1.29 is 10.2 Å². The third-order valence-electron chi connectivity index (χ3n) is 7.14. The van der Waals surface area contributed by atoms with Gasteiger partial charge in [0.15, 0.2) is 0 Å². The van der Waals surface area contributed by atoms with E-state index in [0.717, 1.165) is 19.3 Å². The standard InChI is InChI=1S/C20H36O2/c1-7-18(4,21)13-9-16-19(5)12-8-11-17(2,3)15(19)10-14-20(16,6)22/h7,15-16,21-22H,1,8-14H2,2-6H3/t15-,16?,18+,19-,20+/m0/s1. The van der Waals surface area contributed by atoms with Crippen LogP contribution in [0.15, 0.2) is 12.7 Å². The summed E-state index contributed by atoms with van der Waals surface area (Å²) in [6.07, 6.45) is 8.96. The Balaban J connectivity index is 2.28. The highest BCUT2D eigenvalue weighted by Gasteiger charge is 2.57. The van der Waals surface area contributed by atoms with Crippen molar-refractivity contribution in [2.75, 3.05) is 0 Å². The molecule has 2 rings (SSSR count). The molecule has 0 aromatic heterocycles. The summed E-state index contributed by atoms with van der Waals surface area (Å²) in [6, 6.07) is 0. The Bertz CT molecular complexity index is 421. The average molecular weight is 309 g/mol. The van der Waals surface area contributed by atoms with E-state index in [4.69, 9.17) is 0 Å². The van der Waals surface area contributed by atoms with Crippen molar-refractivity contribution in [2.45, 2.75) is 90.8 Å². The SMILES string of the molecule is C=C[C@@](C)(O)CCC1[C@](C)(O)CC[C@H]2C(C)(C)CCC[C@]12C. The van der Waals surface area contributed by atoms with Crippen LogP contribution in [0.5, 0.6) is 0 Å². The Morgan fingerprint density at radius 1 is 1.18 bits per heavy atom. The van der Waals surface area contributed by atoms with Gasteiger partial charge in [0.1, 0.15) is 0 Å². The number of aliphatic hydroxyl groups is 2. The lowest BCUT2D eigenvalue weighted by molar-refractivity contribution is -0.171. The van der Waals surface area contributed by atoms with Gasteiger partial charge in [-0.15, -0.1) is 6.58 Å². The molecule has 2 fully saturated rings. The third kappa shape index (κ3) is 3.14. The van der Waals surface area contributed by atoms with Gasteiger partial charge in [0, 0.05) is 0 Å². The molecule has 1 unspecified atom stereocenters. The molecular weight excluding hydrogens is 272 g/mol. The van der Waals surface area contributed by atoms with Crippen LogP contribution in [0.1, 0.15) is 79.6 Å². The summed E-state index contributed by atoms with van der Waals surface area (Å²) in [7, 11) is 0. The second-order valence-electron chi connectivity index (χ2n) is 9.45. The number of rotatable bonds is 4. The second-order valence-corrected chi connectivity index (χ2v) is 9.45. The van der Waals surface area contributed by atoms with Crippen LogP contribution in [0.25, 0.3) is 0 Å². The molecule has 2 heteroatoms. The monoisotopic (exact) mass is 308 g/mol. The van der Waals surface area contributed by atoms with Crippen molar-refractivity contribution in [1.29, 1.82) is 0 Å². The Labute approximate surface area is 137 Å². The van der Waals surface area contributed by atoms with Gasteiger partial charge in [-0.2, -0.15) is 0 Å². The first kappa shape index (κ1) is 18.0. The molecule has 0 saturated heterocycles. The zero-order valence-electron chi connectivity index (χ0n) is 15.3. The zero-order valence-corrected chi connectivity index (χ0v) is 15.3. The van der Waals surface area contributed by atoms with Gasteiger partial charge in [0.25, 0.3) is 0 Å². The minimum absolute atomic E-state index is 0.181. The highest BCUT2D eigenvalue weighted by Crippen LogP contribution is 2.63. The van der Waals surface area contributed by atoms with E-state index in [2.05, 4.69) is 27.4 Å². The molecule has 0 bridgehead atoms. The highest BCUT2D eigenvalue weighted by atomic mass is 16.3. The summed E-state index contributed by atoms with van der Waals surface area (Å²) in [6.45, 7) is 14.8. The van der Waals surface area contributed by atoms with Crippen molar-refractivity contribution in [1.82, 2.24) is 0 Å². The third-order valence-corrected chi connectivity index (χ3v) is 7.14. The fourth-order valence-electron chi connectivity index (χ4n) is 5.80. The molecule has 0 aromatic carbocycles. The lowest BCUT2D eigenvalue weighted by Crippen LogP contribution is -2.57. The summed E-state index contributed by atoms with van der Waals surface area (Å²) in [5, 5.41) is 21.4. The van der Waals surface area contributed by atoms with Crippen LogP contribution in [-0.4, -0.2) is 21.4 Å². The van der Waals surface area contributed by atoms with Gasteiger partial charge < -0.3 is 10.2 Å². The molecule has 2 aliphatic carbocycles. The van der Waals surface area contributed by atoms with E-state index >= 15 is 0 Å². The van der Waals surface area contributed by atoms with Crippen LogP contribution in [0.2, 0.25) is 0 Å². The Hall–Kier alpha value is -0.340. The molecule has 0 radical (unpaired) electrons. The Morgan fingerprint density at radius 3 is 2.41 bits per heavy atom. The maximum Gasteiger partial charge on any atom is 0.0797 e. The first-order valence-electron chi connectivity index (χ1n) is 9.03. The molecule has 0 aromatic rings. The molecule has 2 nitrogen and oxygen atoms in total. The molecule has 0 heterocycles. The molecule has 2 N–H and O–H groups in total. The largest absolute Gasteiger partial charge is 0.390 e. The van der Waals surface area contributed by atoms with Crippen LogP contribution in [0.3, 0.4) is 0 Å². The predicted molar refractivity (Wildman–Crippen MR) is 92.6 cm³/mol.